The van der Waals surface area contributed by atoms with Gasteiger partial charge in [0.25, 0.3) is 0 Å². The van der Waals surface area contributed by atoms with Crippen molar-refractivity contribution in [3.05, 3.63) is 29.8 Å². The fraction of sp³-hybridized carbons (Fsp3) is 0.500. The molecule has 0 saturated heterocycles. The van der Waals surface area contributed by atoms with E-state index in [1.54, 1.807) is 12.1 Å². The first-order valence-electron chi connectivity index (χ1n) is 7.10. The second-order valence-corrected chi connectivity index (χ2v) is 4.56. The Hall–Kier alpha value is -2.08. The van der Waals surface area contributed by atoms with E-state index in [9.17, 15) is 5.11 Å². The summed E-state index contributed by atoms with van der Waals surface area (Å²) < 4.78 is 5.11. The highest BCUT2D eigenvalue weighted by atomic mass is 16.6. The lowest BCUT2D eigenvalue weighted by atomic mass is 10.0. The summed E-state index contributed by atoms with van der Waals surface area (Å²) in [5.41, 5.74) is 1.70. The Morgan fingerprint density at radius 1 is 1.19 bits per heavy atom. The highest BCUT2D eigenvalue weighted by molar-refractivity contribution is 5.49. The van der Waals surface area contributed by atoms with Crippen LogP contribution >= 0.6 is 0 Å². The number of anilines is 1. The van der Waals surface area contributed by atoms with Gasteiger partial charge in [0, 0.05) is 31.8 Å². The van der Waals surface area contributed by atoms with Crippen molar-refractivity contribution < 1.29 is 9.84 Å². The molecule has 5 nitrogen and oxygen atoms in total. The summed E-state index contributed by atoms with van der Waals surface area (Å²) in [6.07, 6.45) is -0.215. The number of nitrogens with zero attached hydrogens (tertiary/aromatic N) is 3. The van der Waals surface area contributed by atoms with E-state index in [4.69, 9.17) is 15.3 Å². The third-order valence-corrected chi connectivity index (χ3v) is 3.24. The van der Waals surface area contributed by atoms with Crippen LogP contribution in [-0.4, -0.2) is 31.1 Å². The molecule has 1 unspecified atom stereocenters. The van der Waals surface area contributed by atoms with Gasteiger partial charge < -0.3 is 14.7 Å². The molecule has 1 rings (SSSR count). The lowest BCUT2D eigenvalue weighted by Gasteiger charge is -2.24. The monoisotopic (exact) mass is 287 g/mol. The Kier molecular flexibility index (Phi) is 7.25. The largest absolute Gasteiger partial charge is 0.372 e. The van der Waals surface area contributed by atoms with Crippen LogP contribution in [0, 0.1) is 22.7 Å². The van der Waals surface area contributed by atoms with Crippen molar-refractivity contribution in [2.45, 2.75) is 32.5 Å². The van der Waals surface area contributed by atoms with Crippen molar-refractivity contribution in [1.82, 2.24) is 0 Å². The maximum atomic E-state index is 9.60. The molecule has 0 spiro atoms. The zero-order valence-corrected chi connectivity index (χ0v) is 12.5. The van der Waals surface area contributed by atoms with Gasteiger partial charge in [-0.05, 0) is 31.5 Å². The van der Waals surface area contributed by atoms with Crippen LogP contribution in [0.2, 0.25) is 0 Å². The molecule has 112 valence electrons. The van der Waals surface area contributed by atoms with E-state index < -0.39 is 12.2 Å². The van der Waals surface area contributed by atoms with E-state index in [1.165, 1.54) is 0 Å². The first-order valence-corrected chi connectivity index (χ1v) is 7.10. The van der Waals surface area contributed by atoms with Crippen molar-refractivity contribution in [2.75, 3.05) is 24.6 Å². The van der Waals surface area contributed by atoms with Gasteiger partial charge in [0.1, 0.15) is 0 Å². The van der Waals surface area contributed by atoms with Crippen LogP contribution in [0.4, 0.5) is 5.69 Å². The van der Waals surface area contributed by atoms with Gasteiger partial charge in [0.15, 0.2) is 12.2 Å². The van der Waals surface area contributed by atoms with E-state index in [1.807, 2.05) is 38.1 Å². The van der Waals surface area contributed by atoms with Crippen LogP contribution < -0.4 is 4.90 Å². The molecule has 21 heavy (non-hydrogen) atoms. The van der Waals surface area contributed by atoms with Crippen LogP contribution in [0.1, 0.15) is 31.7 Å². The molecule has 0 aromatic heterocycles. The molecule has 0 fully saturated rings. The van der Waals surface area contributed by atoms with Crippen LogP contribution in [0.15, 0.2) is 24.3 Å². The van der Waals surface area contributed by atoms with E-state index in [0.29, 0.717) is 25.1 Å². The summed E-state index contributed by atoms with van der Waals surface area (Å²) in [4.78, 5) is 2.11. The minimum atomic E-state index is -0.745. The van der Waals surface area contributed by atoms with Gasteiger partial charge in [-0.1, -0.05) is 12.1 Å². The van der Waals surface area contributed by atoms with E-state index in [0.717, 1.165) is 12.2 Å². The number of hydrogen-bond acceptors (Lipinski definition) is 5. The van der Waals surface area contributed by atoms with Gasteiger partial charge in [0.05, 0.1) is 12.1 Å². The molecule has 1 aromatic rings. The highest BCUT2D eigenvalue weighted by Gasteiger charge is 2.11. The molecule has 1 N–H and O–H groups in total. The Balaban J connectivity index is 2.70. The lowest BCUT2D eigenvalue weighted by molar-refractivity contribution is -0.0968. The van der Waals surface area contributed by atoms with Gasteiger partial charge in [-0.2, -0.15) is 10.5 Å². The predicted octanol–water partition coefficient (Wildman–Crippen LogP) is 2.39. The van der Waals surface area contributed by atoms with Gasteiger partial charge in [-0.15, -0.1) is 0 Å². The third-order valence-electron chi connectivity index (χ3n) is 3.24. The number of ether oxygens (including phenoxy) is 1. The maximum Gasteiger partial charge on any atom is 0.158 e. The quantitative estimate of drug-likeness (QED) is 0.742. The van der Waals surface area contributed by atoms with Crippen molar-refractivity contribution in [3.8, 4) is 12.1 Å². The van der Waals surface area contributed by atoms with Gasteiger partial charge in [0.2, 0.25) is 0 Å². The Labute approximate surface area is 126 Å². The normalized spacial score (nSPS) is 11.7. The maximum absolute atomic E-state index is 9.60. The second-order valence-electron chi connectivity index (χ2n) is 4.56. The molecule has 0 aliphatic heterocycles. The number of hydrogen-bond donors (Lipinski definition) is 1. The molecular formula is C16H21N3O2. The Bertz CT molecular complexity index is 488. The number of rotatable bonds is 8. The van der Waals surface area contributed by atoms with Crippen molar-refractivity contribution in [1.29, 1.82) is 10.5 Å². The predicted molar refractivity (Wildman–Crippen MR) is 80.5 cm³/mol. The molecule has 1 atom stereocenters. The van der Waals surface area contributed by atoms with Gasteiger partial charge in [-0.3, -0.25) is 0 Å². The first kappa shape index (κ1) is 17.0. The molecule has 1 aromatic carbocycles. The standard InChI is InChI=1S/C16H21N3O2/c1-3-19(10-9-16(20)21-4-2)15-7-5-13(6-8-15)14(11-17)12-18/h5-8,14,16,20H,3-4,9-10H2,1-2H3. The number of benzene rings is 1. The number of aliphatic hydroxyl groups excluding tert-OH is 1. The molecule has 0 aliphatic carbocycles. The highest BCUT2D eigenvalue weighted by Crippen LogP contribution is 2.20. The molecule has 0 amide bonds. The summed E-state index contributed by atoms with van der Waals surface area (Å²) in [5, 5.41) is 27.4. The topological polar surface area (TPSA) is 80.3 Å². The minimum absolute atomic E-state index is 0.492. The fourth-order valence-corrected chi connectivity index (χ4v) is 2.07. The number of aliphatic hydroxyl groups is 1. The molecule has 0 radical (unpaired) electrons. The smallest absolute Gasteiger partial charge is 0.158 e. The van der Waals surface area contributed by atoms with Gasteiger partial charge in [-0.25, -0.2) is 0 Å². The Morgan fingerprint density at radius 2 is 1.81 bits per heavy atom. The van der Waals surface area contributed by atoms with Gasteiger partial charge >= 0.3 is 0 Å². The summed E-state index contributed by atoms with van der Waals surface area (Å²) in [5.74, 6) is -0.728. The first-order chi connectivity index (χ1) is 10.2. The number of nitriles is 2. The zero-order valence-electron chi connectivity index (χ0n) is 12.5. The average molecular weight is 287 g/mol. The SMILES string of the molecule is CCOC(O)CCN(CC)c1ccc(C(C#N)C#N)cc1. The minimum Gasteiger partial charge on any atom is -0.372 e. The van der Waals surface area contributed by atoms with Crippen LogP contribution in [-0.2, 0) is 4.74 Å². The summed E-state index contributed by atoms with van der Waals surface area (Å²) in [6, 6.07) is 11.3. The fourth-order valence-electron chi connectivity index (χ4n) is 2.07. The van der Waals surface area contributed by atoms with Crippen LogP contribution in [0.25, 0.3) is 0 Å². The Morgan fingerprint density at radius 3 is 2.29 bits per heavy atom. The molecular weight excluding hydrogens is 266 g/mol. The molecule has 0 aliphatic rings. The summed E-state index contributed by atoms with van der Waals surface area (Å²) in [6.45, 7) is 5.86. The third kappa shape index (κ3) is 5.07. The zero-order chi connectivity index (χ0) is 15.7. The molecule has 0 saturated carbocycles. The van der Waals surface area contributed by atoms with Crippen molar-refractivity contribution in [3.63, 3.8) is 0 Å². The van der Waals surface area contributed by atoms with Crippen LogP contribution in [0.5, 0.6) is 0 Å². The molecule has 0 heterocycles. The lowest BCUT2D eigenvalue weighted by Crippen LogP contribution is -2.27. The summed E-state index contributed by atoms with van der Waals surface area (Å²) >= 11 is 0. The van der Waals surface area contributed by atoms with Crippen LogP contribution in [0.3, 0.4) is 0 Å². The van der Waals surface area contributed by atoms with Crippen molar-refractivity contribution in [2.24, 2.45) is 0 Å². The summed E-state index contributed by atoms with van der Waals surface area (Å²) in [7, 11) is 0. The average Bonchev–Trinajstić information content (AvgIpc) is 2.51. The molecule has 0 bridgehead atoms. The van der Waals surface area contributed by atoms with E-state index in [2.05, 4.69) is 4.90 Å². The van der Waals surface area contributed by atoms with E-state index in [-0.39, 0.29) is 0 Å². The second kappa shape index (κ2) is 8.97. The van der Waals surface area contributed by atoms with Crippen molar-refractivity contribution >= 4 is 5.69 Å². The molecule has 5 heteroatoms. The van der Waals surface area contributed by atoms with E-state index >= 15 is 0 Å².